The first kappa shape index (κ1) is 18.2. The lowest BCUT2D eigenvalue weighted by molar-refractivity contribution is 0.923. The lowest BCUT2D eigenvalue weighted by atomic mass is 9.92. The Labute approximate surface area is 166 Å². The third-order valence-electron chi connectivity index (χ3n) is 6.20. The number of rotatable bonds is 7. The Kier molecular flexibility index (Phi) is 5.83. The molecule has 0 amide bonds. The van der Waals surface area contributed by atoms with Gasteiger partial charge >= 0.3 is 0 Å². The highest BCUT2D eigenvalue weighted by atomic mass is 28.3. The number of nitrogens with zero attached hydrogens (tertiary/aromatic N) is 1. The summed E-state index contributed by atoms with van der Waals surface area (Å²) in [5.41, 5.74) is 4.05. The molecule has 0 saturated heterocycles. The molecular formula is C25H31NSi. The molecule has 1 atom stereocenters. The molecule has 0 N–H and O–H groups in total. The first-order valence-electron chi connectivity index (χ1n) is 10.6. The molecule has 0 aliphatic carbocycles. The van der Waals surface area contributed by atoms with E-state index >= 15 is 0 Å². The maximum Gasteiger partial charge on any atom is 0.0879 e. The monoisotopic (exact) mass is 374 g/mol. The highest BCUT2D eigenvalue weighted by molar-refractivity contribution is 6.91. The molecule has 3 rings (SSSR count). The van der Waals surface area contributed by atoms with Gasteiger partial charge in [-0.15, -0.1) is 0 Å². The average Bonchev–Trinajstić information content (AvgIpc) is 2.76. The van der Waals surface area contributed by atoms with Crippen LogP contribution in [0.3, 0.4) is 0 Å². The summed E-state index contributed by atoms with van der Waals surface area (Å²) in [5.74, 6) is -0.786. The van der Waals surface area contributed by atoms with Crippen LogP contribution in [0.1, 0.15) is 46.1 Å². The van der Waals surface area contributed by atoms with Gasteiger partial charge in [-0.3, -0.25) is 4.98 Å². The molecule has 1 nitrogen and oxygen atoms in total. The lowest BCUT2D eigenvalue weighted by Gasteiger charge is -2.28. The molecule has 0 aliphatic heterocycles. The summed E-state index contributed by atoms with van der Waals surface area (Å²) >= 11 is 0. The van der Waals surface area contributed by atoms with Crippen molar-refractivity contribution in [2.45, 2.75) is 51.7 Å². The topological polar surface area (TPSA) is 12.9 Å². The van der Waals surface area contributed by atoms with Crippen LogP contribution >= 0.6 is 0 Å². The molecule has 0 aliphatic rings. The first-order valence-corrected chi connectivity index (χ1v) is 12.7. The molecule has 1 heterocycles. The van der Waals surface area contributed by atoms with Gasteiger partial charge in [-0.1, -0.05) is 100 Å². The largest absolute Gasteiger partial charge is 0.256 e. The van der Waals surface area contributed by atoms with E-state index in [-0.39, 0.29) is 0 Å². The summed E-state index contributed by atoms with van der Waals surface area (Å²) in [6.45, 7) is 8.95. The molecule has 3 aromatic rings. The number of benzene rings is 2. The number of hydrogen-bond donors (Lipinski definition) is 0. The second-order valence-corrected chi connectivity index (χ2v) is 12.6. The summed E-state index contributed by atoms with van der Waals surface area (Å²) in [5, 5.41) is 1.47. The minimum Gasteiger partial charge on any atom is -0.256 e. The molecule has 1 aromatic heterocycles. The van der Waals surface area contributed by atoms with Gasteiger partial charge in [-0.25, -0.2) is 0 Å². The predicted molar refractivity (Wildman–Crippen MR) is 120 cm³/mol. The van der Waals surface area contributed by atoms with Crippen LogP contribution in [-0.4, -0.2) is 13.1 Å². The van der Waals surface area contributed by atoms with E-state index in [0.29, 0.717) is 0 Å². The van der Waals surface area contributed by atoms with E-state index < -0.39 is 14.0 Å². The van der Waals surface area contributed by atoms with Crippen LogP contribution in [0.15, 0.2) is 72.9 Å². The molecule has 0 radical (unpaired) electrons. The highest BCUT2D eigenvalue weighted by Gasteiger charge is 2.29. The Balaban J connectivity index is 1.95. The minimum absolute atomic E-state index is 0.786. The fourth-order valence-electron chi connectivity index (χ4n) is 4.01. The summed E-state index contributed by atoms with van der Waals surface area (Å²) in [7, 11) is -1.39. The maximum absolute atomic E-state index is 8.94. The fourth-order valence-corrected chi connectivity index (χ4v) is 7.51. The van der Waals surface area contributed by atoms with Crippen molar-refractivity contribution in [1.82, 2.24) is 4.98 Å². The summed E-state index contributed by atoms with van der Waals surface area (Å²) < 4.78 is 8.94. The Hall–Kier alpha value is -2.19. The van der Waals surface area contributed by atoms with Gasteiger partial charge in [0.05, 0.1) is 13.8 Å². The van der Waals surface area contributed by atoms with Gasteiger partial charge in [-0.05, 0) is 28.4 Å². The Morgan fingerprint density at radius 1 is 0.852 bits per heavy atom. The van der Waals surface area contributed by atoms with E-state index in [1.54, 1.807) is 0 Å². The van der Waals surface area contributed by atoms with E-state index in [1.165, 1.54) is 23.3 Å². The van der Waals surface area contributed by atoms with Crippen molar-refractivity contribution < 1.29 is 1.37 Å². The van der Waals surface area contributed by atoms with Crippen LogP contribution in [-0.2, 0) is 0 Å². The van der Waals surface area contributed by atoms with Crippen molar-refractivity contribution in [1.29, 1.82) is 0 Å². The maximum atomic E-state index is 8.94. The summed E-state index contributed by atoms with van der Waals surface area (Å²) in [4.78, 5) is 4.83. The third kappa shape index (κ3) is 4.06. The van der Waals surface area contributed by atoms with Crippen LogP contribution in [0.2, 0.25) is 18.1 Å². The first-order chi connectivity index (χ1) is 13.5. The molecule has 0 spiro atoms. The Morgan fingerprint density at radius 3 is 2.11 bits per heavy atom. The van der Waals surface area contributed by atoms with Crippen LogP contribution in [0, 0.1) is 0 Å². The second kappa shape index (κ2) is 8.66. The zero-order valence-corrected chi connectivity index (χ0v) is 18.0. The van der Waals surface area contributed by atoms with E-state index in [0.717, 1.165) is 22.4 Å². The minimum atomic E-state index is -1.39. The SMILES string of the molecule is [2H]C(C)(c1ccccc1)c1cccc(-c2ccc([Si](CC)(CC)CC)cn2)c1. The predicted octanol–water partition coefficient (Wildman–Crippen LogP) is 6.62. The van der Waals surface area contributed by atoms with Crippen molar-refractivity contribution in [3.8, 4) is 11.3 Å². The second-order valence-electron chi connectivity index (χ2n) is 7.34. The van der Waals surface area contributed by atoms with E-state index in [4.69, 9.17) is 6.35 Å². The van der Waals surface area contributed by atoms with Crippen molar-refractivity contribution in [2.24, 2.45) is 0 Å². The van der Waals surface area contributed by atoms with Crippen molar-refractivity contribution in [2.75, 3.05) is 0 Å². The fraction of sp³-hybridized carbons (Fsp3) is 0.320. The quantitative estimate of drug-likeness (QED) is 0.424. The molecular weight excluding hydrogens is 342 g/mol. The van der Waals surface area contributed by atoms with Gasteiger partial charge in [0.25, 0.3) is 0 Å². The van der Waals surface area contributed by atoms with Crippen LogP contribution in [0.4, 0.5) is 0 Å². The lowest BCUT2D eigenvalue weighted by Crippen LogP contribution is -2.45. The molecule has 1 unspecified atom stereocenters. The average molecular weight is 375 g/mol. The molecule has 0 bridgehead atoms. The van der Waals surface area contributed by atoms with Crippen LogP contribution < -0.4 is 5.19 Å². The van der Waals surface area contributed by atoms with Gasteiger partial charge in [0.15, 0.2) is 0 Å². The number of pyridine rings is 1. The molecule has 27 heavy (non-hydrogen) atoms. The Morgan fingerprint density at radius 2 is 1.52 bits per heavy atom. The van der Waals surface area contributed by atoms with Crippen LogP contribution in [0.5, 0.6) is 0 Å². The zero-order valence-electron chi connectivity index (χ0n) is 18.0. The summed E-state index contributed by atoms with van der Waals surface area (Å²) in [6, 6.07) is 26.6. The van der Waals surface area contributed by atoms with Gasteiger partial charge in [0.2, 0.25) is 0 Å². The molecule has 0 fully saturated rings. The number of hydrogen-bond acceptors (Lipinski definition) is 1. The Bertz CT molecular complexity index is 891. The van der Waals surface area contributed by atoms with E-state index in [9.17, 15) is 0 Å². The molecule has 140 valence electrons. The normalized spacial score (nSPS) is 14.4. The van der Waals surface area contributed by atoms with Gasteiger partial charge in [0.1, 0.15) is 0 Å². The smallest absolute Gasteiger partial charge is 0.0879 e. The standard InChI is InChI=1S/C25H31NSi/c1-5-27(6-2,7-3)24-16-17-25(26-19-24)23-15-11-14-22(18-23)20(4)21-12-9-8-10-13-21/h8-20H,5-7H2,1-4H3/i20D. The van der Waals surface area contributed by atoms with E-state index in [1.807, 2.05) is 49.4 Å². The molecule has 2 heteroatoms. The number of aromatic nitrogens is 1. The van der Waals surface area contributed by atoms with Crippen LogP contribution in [0.25, 0.3) is 11.3 Å². The molecule has 2 aromatic carbocycles. The van der Waals surface area contributed by atoms with Crippen molar-refractivity contribution >= 4 is 13.3 Å². The van der Waals surface area contributed by atoms with Gasteiger partial charge in [0, 0.05) is 19.0 Å². The van der Waals surface area contributed by atoms with Gasteiger partial charge in [-0.2, -0.15) is 0 Å². The van der Waals surface area contributed by atoms with E-state index in [2.05, 4.69) is 51.2 Å². The third-order valence-corrected chi connectivity index (χ3v) is 11.8. The van der Waals surface area contributed by atoms with Crippen molar-refractivity contribution in [3.05, 3.63) is 84.1 Å². The zero-order chi connectivity index (χ0) is 20.2. The van der Waals surface area contributed by atoms with Gasteiger partial charge < -0.3 is 0 Å². The summed E-state index contributed by atoms with van der Waals surface area (Å²) in [6.07, 6.45) is 2.11. The molecule has 0 saturated carbocycles. The highest BCUT2D eigenvalue weighted by Crippen LogP contribution is 2.28. The van der Waals surface area contributed by atoms with Crippen molar-refractivity contribution in [3.63, 3.8) is 0 Å².